The molecule has 2 rings (SSSR count). The SMILES string of the molecule is O=C(NCCO)c1cn(-c2cccc(C(F)(F)F)c2)nn1. The van der Waals surface area contributed by atoms with E-state index in [1.807, 2.05) is 0 Å². The summed E-state index contributed by atoms with van der Waals surface area (Å²) in [6.07, 6.45) is -3.25. The van der Waals surface area contributed by atoms with Gasteiger partial charge in [-0.15, -0.1) is 5.10 Å². The van der Waals surface area contributed by atoms with E-state index in [9.17, 15) is 18.0 Å². The number of hydrogen-bond acceptors (Lipinski definition) is 4. The van der Waals surface area contributed by atoms with Crippen molar-refractivity contribution in [3.05, 3.63) is 41.7 Å². The van der Waals surface area contributed by atoms with Gasteiger partial charge in [0.15, 0.2) is 5.69 Å². The Morgan fingerprint density at radius 2 is 2.14 bits per heavy atom. The molecular formula is C12H11F3N4O2. The van der Waals surface area contributed by atoms with E-state index in [4.69, 9.17) is 5.11 Å². The Kier molecular flexibility index (Phi) is 4.22. The predicted octanol–water partition coefficient (Wildman–Crippen LogP) is 1.01. The number of hydrogen-bond donors (Lipinski definition) is 2. The first-order valence-corrected chi connectivity index (χ1v) is 5.91. The molecule has 0 spiro atoms. The van der Waals surface area contributed by atoms with Crippen LogP contribution in [0.4, 0.5) is 13.2 Å². The molecule has 0 bridgehead atoms. The van der Waals surface area contributed by atoms with Gasteiger partial charge in [0.2, 0.25) is 0 Å². The quantitative estimate of drug-likeness (QED) is 0.883. The van der Waals surface area contributed by atoms with Crippen LogP contribution in [-0.4, -0.2) is 39.2 Å². The molecule has 0 aliphatic rings. The number of aromatic nitrogens is 3. The topological polar surface area (TPSA) is 80.0 Å². The minimum absolute atomic E-state index is 0.0508. The van der Waals surface area contributed by atoms with Gasteiger partial charge < -0.3 is 10.4 Å². The number of nitrogens with one attached hydrogen (secondary N) is 1. The lowest BCUT2D eigenvalue weighted by Gasteiger charge is -2.08. The van der Waals surface area contributed by atoms with E-state index >= 15 is 0 Å². The van der Waals surface area contributed by atoms with Gasteiger partial charge in [-0.05, 0) is 18.2 Å². The normalized spacial score (nSPS) is 11.4. The van der Waals surface area contributed by atoms with Gasteiger partial charge in [0.05, 0.1) is 24.1 Å². The van der Waals surface area contributed by atoms with E-state index in [0.29, 0.717) is 0 Å². The molecule has 6 nitrogen and oxygen atoms in total. The molecule has 0 saturated heterocycles. The van der Waals surface area contributed by atoms with E-state index in [1.54, 1.807) is 0 Å². The molecule has 0 radical (unpaired) electrons. The Morgan fingerprint density at radius 3 is 2.81 bits per heavy atom. The molecule has 0 fully saturated rings. The van der Waals surface area contributed by atoms with Crippen molar-refractivity contribution in [2.45, 2.75) is 6.18 Å². The van der Waals surface area contributed by atoms with Gasteiger partial charge >= 0.3 is 6.18 Å². The highest BCUT2D eigenvalue weighted by molar-refractivity contribution is 5.91. The summed E-state index contributed by atoms with van der Waals surface area (Å²) < 4.78 is 38.9. The molecule has 1 aromatic carbocycles. The largest absolute Gasteiger partial charge is 0.416 e. The number of halogens is 3. The number of carbonyl (C=O) groups excluding carboxylic acids is 1. The van der Waals surface area contributed by atoms with Gasteiger partial charge in [-0.2, -0.15) is 13.2 Å². The molecule has 0 aliphatic heterocycles. The molecule has 0 saturated carbocycles. The molecular weight excluding hydrogens is 289 g/mol. The highest BCUT2D eigenvalue weighted by Gasteiger charge is 2.30. The third kappa shape index (κ3) is 3.57. The molecule has 1 amide bonds. The van der Waals surface area contributed by atoms with Crippen LogP contribution < -0.4 is 5.32 Å². The van der Waals surface area contributed by atoms with Crippen molar-refractivity contribution in [3.63, 3.8) is 0 Å². The number of amides is 1. The second-order valence-electron chi connectivity index (χ2n) is 4.08. The van der Waals surface area contributed by atoms with Crippen LogP contribution in [-0.2, 0) is 6.18 Å². The lowest BCUT2D eigenvalue weighted by atomic mass is 10.2. The Morgan fingerprint density at radius 1 is 1.38 bits per heavy atom. The lowest BCUT2D eigenvalue weighted by molar-refractivity contribution is -0.137. The smallest absolute Gasteiger partial charge is 0.395 e. The summed E-state index contributed by atoms with van der Waals surface area (Å²) >= 11 is 0. The van der Waals surface area contributed by atoms with Crippen molar-refractivity contribution < 1.29 is 23.1 Å². The average molecular weight is 300 g/mol. The molecule has 1 aromatic heterocycles. The summed E-state index contributed by atoms with van der Waals surface area (Å²) in [6.45, 7) is -0.178. The Bertz CT molecular complexity index is 639. The minimum Gasteiger partial charge on any atom is -0.395 e. The number of nitrogens with zero attached hydrogens (tertiary/aromatic N) is 3. The Hall–Kier alpha value is -2.42. The van der Waals surface area contributed by atoms with Gasteiger partial charge in [0.25, 0.3) is 5.91 Å². The summed E-state index contributed by atoms with van der Waals surface area (Å²) in [5, 5.41) is 18.1. The summed E-state index contributed by atoms with van der Waals surface area (Å²) in [5.41, 5.74) is -0.735. The highest BCUT2D eigenvalue weighted by Crippen LogP contribution is 2.30. The summed E-state index contributed by atoms with van der Waals surface area (Å²) in [6, 6.07) is 4.50. The maximum atomic E-state index is 12.6. The number of carbonyl (C=O) groups is 1. The molecule has 0 atom stereocenters. The van der Waals surface area contributed by atoms with Crippen molar-refractivity contribution >= 4 is 5.91 Å². The van der Waals surface area contributed by atoms with Crippen LogP contribution in [0.25, 0.3) is 5.69 Å². The van der Waals surface area contributed by atoms with Crippen molar-refractivity contribution in [3.8, 4) is 5.69 Å². The number of aliphatic hydroxyl groups excluding tert-OH is 1. The molecule has 0 aliphatic carbocycles. The average Bonchev–Trinajstić information content (AvgIpc) is 2.94. The second-order valence-corrected chi connectivity index (χ2v) is 4.08. The van der Waals surface area contributed by atoms with Gasteiger partial charge in [0.1, 0.15) is 0 Å². The van der Waals surface area contributed by atoms with Crippen LogP contribution in [0.3, 0.4) is 0 Å². The number of aliphatic hydroxyl groups is 1. The first kappa shape index (κ1) is 15.0. The van der Waals surface area contributed by atoms with E-state index in [-0.39, 0.29) is 24.5 Å². The molecule has 1 heterocycles. The van der Waals surface area contributed by atoms with E-state index in [2.05, 4.69) is 15.6 Å². The first-order chi connectivity index (χ1) is 9.91. The van der Waals surface area contributed by atoms with Gasteiger partial charge in [-0.25, -0.2) is 4.68 Å². The molecule has 2 aromatic rings. The number of benzene rings is 1. The monoisotopic (exact) mass is 300 g/mol. The van der Waals surface area contributed by atoms with Crippen LogP contribution in [0.15, 0.2) is 30.5 Å². The van der Waals surface area contributed by atoms with Crippen molar-refractivity contribution in [1.29, 1.82) is 0 Å². The summed E-state index contributed by atoms with van der Waals surface area (Å²) in [5.74, 6) is -0.567. The van der Waals surface area contributed by atoms with Crippen molar-refractivity contribution in [2.24, 2.45) is 0 Å². The fourth-order valence-electron chi connectivity index (χ4n) is 1.58. The molecule has 21 heavy (non-hydrogen) atoms. The van der Waals surface area contributed by atoms with Gasteiger partial charge in [-0.1, -0.05) is 11.3 Å². The first-order valence-electron chi connectivity index (χ1n) is 5.91. The second kappa shape index (κ2) is 5.92. The van der Waals surface area contributed by atoms with E-state index < -0.39 is 17.6 Å². The van der Waals surface area contributed by atoms with Crippen LogP contribution in [0.5, 0.6) is 0 Å². The maximum absolute atomic E-state index is 12.6. The standard InChI is InChI=1S/C12H11F3N4O2/c13-12(14,15)8-2-1-3-9(6-8)19-7-10(17-18-19)11(21)16-4-5-20/h1-3,6-7,20H,4-5H2,(H,16,21). The molecule has 2 N–H and O–H groups in total. The highest BCUT2D eigenvalue weighted by atomic mass is 19.4. The van der Waals surface area contributed by atoms with Gasteiger partial charge in [-0.3, -0.25) is 4.79 Å². The van der Waals surface area contributed by atoms with Crippen LogP contribution in [0.2, 0.25) is 0 Å². The lowest BCUT2D eigenvalue weighted by Crippen LogP contribution is -2.26. The Balaban J connectivity index is 2.24. The van der Waals surface area contributed by atoms with Crippen molar-refractivity contribution in [2.75, 3.05) is 13.2 Å². The summed E-state index contributed by atoms with van der Waals surface area (Å²) in [4.78, 5) is 11.6. The van der Waals surface area contributed by atoms with Crippen LogP contribution in [0.1, 0.15) is 16.1 Å². The number of rotatable bonds is 4. The molecule has 9 heteroatoms. The van der Waals surface area contributed by atoms with E-state index in [1.165, 1.54) is 18.3 Å². The van der Waals surface area contributed by atoms with E-state index in [0.717, 1.165) is 16.8 Å². The fourth-order valence-corrected chi connectivity index (χ4v) is 1.58. The zero-order valence-corrected chi connectivity index (χ0v) is 10.6. The van der Waals surface area contributed by atoms with Gasteiger partial charge in [0, 0.05) is 6.54 Å². The van der Waals surface area contributed by atoms with Crippen molar-refractivity contribution in [1.82, 2.24) is 20.3 Å². The predicted molar refractivity (Wildman–Crippen MR) is 65.8 cm³/mol. The maximum Gasteiger partial charge on any atom is 0.416 e. The fraction of sp³-hybridized carbons (Fsp3) is 0.250. The zero-order valence-electron chi connectivity index (χ0n) is 10.6. The zero-order chi connectivity index (χ0) is 15.5. The van der Waals surface area contributed by atoms with Crippen LogP contribution >= 0.6 is 0 Å². The third-order valence-electron chi connectivity index (χ3n) is 2.56. The molecule has 0 unspecified atom stereocenters. The summed E-state index contributed by atoms with van der Waals surface area (Å²) in [7, 11) is 0. The Labute approximate surface area is 117 Å². The number of alkyl halides is 3. The molecule has 112 valence electrons. The van der Waals surface area contributed by atoms with Crippen LogP contribution in [0, 0.1) is 0 Å². The third-order valence-corrected chi connectivity index (χ3v) is 2.56. The minimum atomic E-state index is -4.46.